The summed E-state index contributed by atoms with van der Waals surface area (Å²) in [4.78, 5) is 27.5. The summed E-state index contributed by atoms with van der Waals surface area (Å²) in [6.07, 6.45) is 2.02. The van der Waals surface area contributed by atoms with Gasteiger partial charge in [0.25, 0.3) is 5.91 Å². The van der Waals surface area contributed by atoms with Crippen LogP contribution in [0.2, 0.25) is 5.02 Å². The number of hydrazone groups is 1. The van der Waals surface area contributed by atoms with E-state index in [9.17, 15) is 9.59 Å². The summed E-state index contributed by atoms with van der Waals surface area (Å²) in [5, 5.41) is 7.02. The number of esters is 1. The van der Waals surface area contributed by atoms with Crippen molar-refractivity contribution in [2.75, 3.05) is 33.4 Å². The van der Waals surface area contributed by atoms with Gasteiger partial charge in [-0.25, -0.2) is 5.01 Å². The smallest absolute Gasteiger partial charge is 0.309 e. The van der Waals surface area contributed by atoms with Crippen molar-refractivity contribution in [3.8, 4) is 5.75 Å². The molecule has 0 bridgehead atoms. The van der Waals surface area contributed by atoms with Crippen molar-refractivity contribution >= 4 is 29.2 Å². The molecule has 8 heteroatoms. The molecule has 0 radical (unpaired) electrons. The van der Waals surface area contributed by atoms with Crippen molar-refractivity contribution in [1.29, 1.82) is 0 Å². The summed E-state index contributed by atoms with van der Waals surface area (Å²) in [5.41, 5.74) is 2.81. The summed E-state index contributed by atoms with van der Waals surface area (Å²) < 4.78 is 10.4. The van der Waals surface area contributed by atoms with Crippen LogP contribution in [0.4, 0.5) is 0 Å². The predicted octanol–water partition coefficient (Wildman–Crippen LogP) is 4.30. The number of carbonyl (C=O) groups is 2. The molecule has 180 valence electrons. The number of hydrogen-bond acceptors (Lipinski definition) is 6. The Morgan fingerprint density at radius 2 is 1.74 bits per heavy atom. The fraction of sp³-hybridized carbons (Fsp3) is 0.423. The van der Waals surface area contributed by atoms with Gasteiger partial charge in [-0.05, 0) is 80.4 Å². The van der Waals surface area contributed by atoms with Crippen molar-refractivity contribution < 1.29 is 19.1 Å². The van der Waals surface area contributed by atoms with E-state index in [0.29, 0.717) is 44.0 Å². The summed E-state index contributed by atoms with van der Waals surface area (Å²) in [6, 6.07) is 15.1. The molecule has 34 heavy (non-hydrogen) atoms. The zero-order valence-corrected chi connectivity index (χ0v) is 20.3. The molecule has 0 saturated carbocycles. The number of amides is 1. The number of likely N-dealkylation sites (tertiary alicyclic amines) is 1. The van der Waals surface area contributed by atoms with Crippen LogP contribution in [-0.4, -0.2) is 60.8 Å². The van der Waals surface area contributed by atoms with Gasteiger partial charge in [0.15, 0.2) is 0 Å². The molecule has 2 aliphatic rings. The summed E-state index contributed by atoms with van der Waals surface area (Å²) in [6.45, 7) is 3.85. The molecule has 2 aromatic rings. The molecule has 1 atom stereocenters. The Hall–Kier alpha value is -2.90. The average Bonchev–Trinajstić information content (AvgIpc) is 3.31. The Bertz CT molecular complexity index is 1030. The number of nitrogens with zero attached hydrogens (tertiary/aromatic N) is 3. The average molecular weight is 484 g/mol. The van der Waals surface area contributed by atoms with E-state index in [1.54, 1.807) is 12.1 Å². The van der Waals surface area contributed by atoms with E-state index in [1.165, 1.54) is 0 Å². The van der Waals surface area contributed by atoms with Crippen LogP contribution in [0.1, 0.15) is 43.4 Å². The van der Waals surface area contributed by atoms with Gasteiger partial charge in [-0.1, -0.05) is 23.7 Å². The third kappa shape index (κ3) is 5.59. The van der Waals surface area contributed by atoms with Gasteiger partial charge >= 0.3 is 5.97 Å². The highest BCUT2D eigenvalue weighted by molar-refractivity contribution is 6.30. The van der Waals surface area contributed by atoms with Crippen LogP contribution in [0.25, 0.3) is 0 Å². The van der Waals surface area contributed by atoms with Crippen LogP contribution >= 0.6 is 11.6 Å². The Morgan fingerprint density at radius 1 is 1.06 bits per heavy atom. The molecular weight excluding hydrogens is 454 g/mol. The van der Waals surface area contributed by atoms with Gasteiger partial charge in [0.2, 0.25) is 0 Å². The zero-order valence-electron chi connectivity index (χ0n) is 19.6. The number of piperidine rings is 1. The molecule has 2 aliphatic heterocycles. The van der Waals surface area contributed by atoms with Crippen LogP contribution in [0.5, 0.6) is 5.75 Å². The SMILES string of the molecule is CCOC(=O)C1CCN(CC(=O)N2N=C(c3ccc(OC)cc3)C[C@H]2c2ccc(Cl)cc2)CC1. The van der Waals surface area contributed by atoms with Crippen molar-refractivity contribution in [2.45, 2.75) is 32.2 Å². The minimum atomic E-state index is -0.195. The largest absolute Gasteiger partial charge is 0.497 e. The second-order valence-electron chi connectivity index (χ2n) is 8.59. The van der Waals surface area contributed by atoms with E-state index >= 15 is 0 Å². The van der Waals surface area contributed by atoms with Gasteiger partial charge in [0, 0.05) is 11.4 Å². The lowest BCUT2D eigenvalue weighted by Gasteiger charge is -2.31. The molecule has 1 saturated heterocycles. The number of benzene rings is 2. The van der Waals surface area contributed by atoms with Gasteiger partial charge in [0.05, 0.1) is 37.9 Å². The quantitative estimate of drug-likeness (QED) is 0.549. The number of ether oxygens (including phenoxy) is 2. The molecule has 0 aliphatic carbocycles. The van der Waals surface area contributed by atoms with E-state index in [0.717, 1.165) is 22.6 Å². The molecule has 7 nitrogen and oxygen atoms in total. The first-order chi connectivity index (χ1) is 16.5. The van der Waals surface area contributed by atoms with Crippen LogP contribution in [0, 0.1) is 5.92 Å². The minimum Gasteiger partial charge on any atom is -0.497 e. The molecule has 1 amide bonds. The van der Waals surface area contributed by atoms with Crippen molar-refractivity contribution in [3.63, 3.8) is 0 Å². The maximum absolute atomic E-state index is 13.4. The predicted molar refractivity (Wildman–Crippen MR) is 131 cm³/mol. The first-order valence-electron chi connectivity index (χ1n) is 11.7. The number of halogens is 1. The Kier molecular flexibility index (Phi) is 7.85. The van der Waals surface area contributed by atoms with Crippen LogP contribution in [0.3, 0.4) is 0 Å². The number of rotatable bonds is 7. The molecular formula is C26H30ClN3O4. The first kappa shape index (κ1) is 24.2. The van der Waals surface area contributed by atoms with Crippen LogP contribution in [0.15, 0.2) is 53.6 Å². The number of carbonyl (C=O) groups excluding carboxylic acids is 2. The second-order valence-corrected chi connectivity index (χ2v) is 9.02. The van der Waals surface area contributed by atoms with E-state index in [-0.39, 0.29) is 30.4 Å². The van der Waals surface area contributed by atoms with Gasteiger partial charge in [-0.2, -0.15) is 5.10 Å². The second kappa shape index (κ2) is 11.0. The molecule has 2 aromatic carbocycles. The Labute approximate surface area is 205 Å². The molecule has 0 spiro atoms. The van der Waals surface area contributed by atoms with E-state index in [4.69, 9.17) is 26.2 Å². The molecule has 4 rings (SSSR count). The first-order valence-corrected chi connectivity index (χ1v) is 12.0. The molecule has 2 heterocycles. The van der Waals surface area contributed by atoms with Crippen molar-refractivity contribution in [2.24, 2.45) is 11.0 Å². The maximum atomic E-state index is 13.4. The third-order valence-electron chi connectivity index (χ3n) is 6.41. The fourth-order valence-corrected chi connectivity index (χ4v) is 4.62. The Morgan fingerprint density at radius 3 is 2.35 bits per heavy atom. The monoisotopic (exact) mass is 483 g/mol. The number of hydrogen-bond donors (Lipinski definition) is 0. The highest BCUT2D eigenvalue weighted by atomic mass is 35.5. The topological polar surface area (TPSA) is 71.4 Å². The highest BCUT2D eigenvalue weighted by Gasteiger charge is 2.35. The van der Waals surface area contributed by atoms with E-state index in [1.807, 2.05) is 55.5 Å². The maximum Gasteiger partial charge on any atom is 0.309 e. The van der Waals surface area contributed by atoms with Crippen molar-refractivity contribution in [3.05, 3.63) is 64.7 Å². The normalized spacial score (nSPS) is 19.1. The fourth-order valence-electron chi connectivity index (χ4n) is 4.49. The lowest BCUT2D eigenvalue weighted by Crippen LogP contribution is -2.43. The molecule has 0 aromatic heterocycles. The minimum absolute atomic E-state index is 0.0574. The van der Waals surface area contributed by atoms with Gasteiger partial charge in [-0.15, -0.1) is 0 Å². The van der Waals surface area contributed by atoms with Gasteiger partial charge in [0.1, 0.15) is 5.75 Å². The summed E-state index contributed by atoms with van der Waals surface area (Å²) in [5.74, 6) is 0.498. The van der Waals surface area contributed by atoms with Crippen LogP contribution < -0.4 is 4.74 Å². The van der Waals surface area contributed by atoms with E-state index < -0.39 is 0 Å². The van der Waals surface area contributed by atoms with Crippen LogP contribution in [-0.2, 0) is 14.3 Å². The van der Waals surface area contributed by atoms with Gasteiger partial charge in [-0.3, -0.25) is 14.5 Å². The van der Waals surface area contributed by atoms with E-state index in [2.05, 4.69) is 4.90 Å². The molecule has 1 fully saturated rings. The van der Waals surface area contributed by atoms with Gasteiger partial charge < -0.3 is 9.47 Å². The zero-order chi connectivity index (χ0) is 24.1. The standard InChI is InChI=1S/C26H30ClN3O4/c1-3-34-26(32)20-12-14-29(15-13-20)17-25(31)30-24(19-4-8-21(27)9-5-19)16-23(28-30)18-6-10-22(33-2)11-7-18/h4-11,20,24H,3,12-17H2,1-2H3/t24-/m0/s1. The summed E-state index contributed by atoms with van der Waals surface area (Å²) >= 11 is 6.09. The third-order valence-corrected chi connectivity index (χ3v) is 6.66. The highest BCUT2D eigenvalue weighted by Crippen LogP contribution is 2.34. The molecule has 0 N–H and O–H groups in total. The molecule has 0 unspecified atom stereocenters. The van der Waals surface area contributed by atoms with Crippen molar-refractivity contribution in [1.82, 2.24) is 9.91 Å². The summed E-state index contributed by atoms with van der Waals surface area (Å²) in [7, 11) is 1.63. The Balaban J connectivity index is 1.48. The lowest BCUT2D eigenvalue weighted by atomic mass is 9.97. The lowest BCUT2D eigenvalue weighted by molar-refractivity contribution is -0.149. The number of methoxy groups -OCH3 is 1.